The smallest absolute Gasteiger partial charge is 0.251 e. The van der Waals surface area contributed by atoms with E-state index in [1.807, 2.05) is 11.8 Å². The molecule has 7 heteroatoms. The summed E-state index contributed by atoms with van der Waals surface area (Å²) in [7, 11) is 0. The second kappa shape index (κ2) is 8.12. The SMILES string of the molecule is O=C(NCC(O)c1ccccn1)c1ccnc(OC2CCSC2)c1. The minimum Gasteiger partial charge on any atom is -0.473 e. The first kappa shape index (κ1) is 16.7. The number of aromatic nitrogens is 2. The lowest BCUT2D eigenvalue weighted by molar-refractivity contribution is 0.0913. The van der Waals surface area contributed by atoms with E-state index in [9.17, 15) is 9.90 Å². The molecule has 2 aromatic heterocycles. The zero-order valence-electron chi connectivity index (χ0n) is 13.1. The number of thioether (sulfide) groups is 1. The maximum absolute atomic E-state index is 12.2. The fourth-order valence-corrected chi connectivity index (χ4v) is 3.45. The van der Waals surface area contributed by atoms with Crippen LogP contribution in [0.2, 0.25) is 0 Å². The van der Waals surface area contributed by atoms with Crippen LogP contribution < -0.4 is 10.1 Å². The number of nitrogens with zero attached hydrogens (tertiary/aromatic N) is 2. The number of aliphatic hydroxyl groups is 1. The third kappa shape index (κ3) is 4.46. The van der Waals surface area contributed by atoms with Crippen molar-refractivity contribution in [2.45, 2.75) is 18.6 Å². The Morgan fingerprint density at radius 2 is 2.29 bits per heavy atom. The first-order chi connectivity index (χ1) is 11.7. The van der Waals surface area contributed by atoms with Gasteiger partial charge in [-0.15, -0.1) is 0 Å². The van der Waals surface area contributed by atoms with Gasteiger partial charge in [-0.2, -0.15) is 11.8 Å². The summed E-state index contributed by atoms with van der Waals surface area (Å²) in [5.41, 5.74) is 0.981. The van der Waals surface area contributed by atoms with Gasteiger partial charge < -0.3 is 15.2 Å². The Balaban J connectivity index is 1.56. The highest BCUT2D eigenvalue weighted by Crippen LogP contribution is 2.22. The molecule has 1 aliphatic heterocycles. The van der Waals surface area contributed by atoms with Crippen molar-refractivity contribution in [3.63, 3.8) is 0 Å². The van der Waals surface area contributed by atoms with Gasteiger partial charge in [0.05, 0.1) is 5.69 Å². The molecule has 2 aromatic rings. The summed E-state index contributed by atoms with van der Waals surface area (Å²) in [6.07, 6.45) is 3.48. The Kier molecular flexibility index (Phi) is 5.66. The lowest BCUT2D eigenvalue weighted by Gasteiger charge is -2.13. The van der Waals surface area contributed by atoms with Crippen LogP contribution in [0.15, 0.2) is 42.7 Å². The summed E-state index contributed by atoms with van der Waals surface area (Å²) in [5, 5.41) is 12.7. The van der Waals surface area contributed by atoms with Gasteiger partial charge in [-0.25, -0.2) is 4.98 Å². The lowest BCUT2D eigenvalue weighted by atomic mass is 10.2. The van der Waals surface area contributed by atoms with E-state index in [0.717, 1.165) is 17.9 Å². The predicted octanol–water partition coefficient (Wildman–Crippen LogP) is 1.82. The molecule has 0 bridgehead atoms. The number of hydrogen-bond donors (Lipinski definition) is 2. The number of pyridine rings is 2. The number of carbonyl (C=O) groups excluding carboxylic acids is 1. The van der Waals surface area contributed by atoms with Crippen molar-refractivity contribution in [1.82, 2.24) is 15.3 Å². The molecule has 126 valence electrons. The van der Waals surface area contributed by atoms with Crippen LogP contribution in [0, 0.1) is 0 Å². The van der Waals surface area contributed by atoms with Gasteiger partial charge in [-0.05, 0) is 30.4 Å². The Hall–Kier alpha value is -2.12. The van der Waals surface area contributed by atoms with Crippen LogP contribution in [0.4, 0.5) is 0 Å². The van der Waals surface area contributed by atoms with Crippen molar-refractivity contribution >= 4 is 17.7 Å². The summed E-state index contributed by atoms with van der Waals surface area (Å²) in [4.78, 5) is 20.5. The topological polar surface area (TPSA) is 84.3 Å². The van der Waals surface area contributed by atoms with E-state index in [1.165, 1.54) is 0 Å². The molecule has 1 aliphatic rings. The number of carbonyl (C=O) groups is 1. The molecule has 6 nitrogen and oxygen atoms in total. The zero-order valence-corrected chi connectivity index (χ0v) is 13.9. The third-order valence-corrected chi connectivity index (χ3v) is 4.79. The number of rotatable bonds is 6. The van der Waals surface area contributed by atoms with E-state index in [4.69, 9.17) is 4.74 Å². The number of amides is 1. The Morgan fingerprint density at radius 1 is 1.38 bits per heavy atom. The Morgan fingerprint density at radius 3 is 3.04 bits per heavy atom. The van der Waals surface area contributed by atoms with Crippen LogP contribution in [0.5, 0.6) is 5.88 Å². The fraction of sp³-hybridized carbons (Fsp3) is 0.353. The van der Waals surface area contributed by atoms with Gasteiger partial charge in [0.15, 0.2) is 0 Å². The molecule has 3 rings (SSSR count). The molecule has 3 heterocycles. The molecule has 2 unspecified atom stereocenters. The number of aliphatic hydroxyl groups excluding tert-OH is 1. The molecular weight excluding hydrogens is 326 g/mol. The summed E-state index contributed by atoms with van der Waals surface area (Å²) < 4.78 is 5.79. The number of nitrogens with one attached hydrogen (secondary N) is 1. The second-order valence-corrected chi connectivity index (χ2v) is 6.62. The molecule has 1 fully saturated rings. The van der Waals surface area contributed by atoms with Gasteiger partial charge in [0.1, 0.15) is 12.2 Å². The first-order valence-corrected chi connectivity index (χ1v) is 8.95. The van der Waals surface area contributed by atoms with Gasteiger partial charge in [-0.1, -0.05) is 6.07 Å². The lowest BCUT2D eigenvalue weighted by Crippen LogP contribution is -2.28. The largest absolute Gasteiger partial charge is 0.473 e. The highest BCUT2D eigenvalue weighted by Gasteiger charge is 2.18. The summed E-state index contributed by atoms with van der Waals surface area (Å²) in [5.74, 6) is 2.23. The average Bonchev–Trinajstić information content (AvgIpc) is 3.13. The molecule has 0 radical (unpaired) electrons. The van der Waals surface area contributed by atoms with Crippen LogP contribution in [-0.2, 0) is 0 Å². The zero-order chi connectivity index (χ0) is 16.8. The van der Waals surface area contributed by atoms with Crippen molar-refractivity contribution in [3.05, 3.63) is 54.0 Å². The molecule has 0 aliphatic carbocycles. The number of ether oxygens (including phenoxy) is 1. The van der Waals surface area contributed by atoms with E-state index in [0.29, 0.717) is 17.1 Å². The summed E-state index contributed by atoms with van der Waals surface area (Å²) in [6.45, 7) is 0.0909. The van der Waals surface area contributed by atoms with Crippen LogP contribution in [0.25, 0.3) is 0 Å². The van der Waals surface area contributed by atoms with Crippen LogP contribution in [0.1, 0.15) is 28.6 Å². The molecule has 2 atom stereocenters. The van der Waals surface area contributed by atoms with E-state index < -0.39 is 6.10 Å². The fourth-order valence-electron chi connectivity index (χ4n) is 2.36. The predicted molar refractivity (Wildman–Crippen MR) is 92.1 cm³/mol. The van der Waals surface area contributed by atoms with Crippen LogP contribution >= 0.6 is 11.8 Å². The number of hydrogen-bond acceptors (Lipinski definition) is 6. The molecule has 2 N–H and O–H groups in total. The molecule has 1 saturated heterocycles. The van der Waals surface area contributed by atoms with Gasteiger partial charge in [0.2, 0.25) is 5.88 Å². The minimum atomic E-state index is -0.844. The second-order valence-electron chi connectivity index (χ2n) is 5.47. The van der Waals surface area contributed by atoms with Gasteiger partial charge >= 0.3 is 0 Å². The highest BCUT2D eigenvalue weighted by atomic mass is 32.2. The Labute approximate surface area is 144 Å². The van der Waals surface area contributed by atoms with Crippen LogP contribution in [0.3, 0.4) is 0 Å². The van der Waals surface area contributed by atoms with Crippen LogP contribution in [-0.4, -0.2) is 45.1 Å². The van der Waals surface area contributed by atoms with Crippen molar-refractivity contribution in [3.8, 4) is 5.88 Å². The maximum atomic E-state index is 12.2. The molecule has 0 spiro atoms. The minimum absolute atomic E-state index is 0.0909. The van der Waals surface area contributed by atoms with E-state index >= 15 is 0 Å². The summed E-state index contributed by atoms with van der Waals surface area (Å²) >= 11 is 1.86. The van der Waals surface area contributed by atoms with Crippen molar-refractivity contribution in [1.29, 1.82) is 0 Å². The Bertz CT molecular complexity index is 678. The van der Waals surface area contributed by atoms with Gasteiger partial charge in [0.25, 0.3) is 5.91 Å². The normalized spacial score (nSPS) is 18.1. The van der Waals surface area contributed by atoms with Gasteiger partial charge in [-0.3, -0.25) is 9.78 Å². The first-order valence-electron chi connectivity index (χ1n) is 7.80. The quantitative estimate of drug-likeness (QED) is 0.831. The van der Waals surface area contributed by atoms with E-state index in [1.54, 1.807) is 42.7 Å². The van der Waals surface area contributed by atoms with E-state index in [2.05, 4.69) is 15.3 Å². The van der Waals surface area contributed by atoms with E-state index in [-0.39, 0.29) is 18.6 Å². The van der Waals surface area contributed by atoms with Crippen molar-refractivity contribution < 1.29 is 14.6 Å². The van der Waals surface area contributed by atoms with Crippen molar-refractivity contribution in [2.24, 2.45) is 0 Å². The molecule has 0 saturated carbocycles. The van der Waals surface area contributed by atoms with Crippen molar-refractivity contribution in [2.75, 3.05) is 18.1 Å². The average molecular weight is 345 g/mol. The monoisotopic (exact) mass is 345 g/mol. The maximum Gasteiger partial charge on any atom is 0.251 e. The summed E-state index contributed by atoms with van der Waals surface area (Å²) in [6, 6.07) is 8.54. The van der Waals surface area contributed by atoms with Gasteiger partial charge in [0, 0.05) is 36.3 Å². The molecule has 24 heavy (non-hydrogen) atoms. The highest BCUT2D eigenvalue weighted by molar-refractivity contribution is 7.99. The molecular formula is C17H19N3O3S. The molecule has 0 aromatic carbocycles. The third-order valence-electron chi connectivity index (χ3n) is 3.66. The molecule has 1 amide bonds. The standard InChI is InChI=1S/C17H19N3O3S/c21-15(14-3-1-2-6-18-14)10-20-17(22)12-4-7-19-16(9-12)23-13-5-8-24-11-13/h1-4,6-7,9,13,15,21H,5,8,10-11H2,(H,20,22).